The first-order valence-electron chi connectivity index (χ1n) is 10.1. The highest BCUT2D eigenvalue weighted by Gasteiger charge is 2.25. The van der Waals surface area contributed by atoms with Gasteiger partial charge in [-0.05, 0) is 99.1 Å². The second-order valence-electron chi connectivity index (χ2n) is 7.78. The van der Waals surface area contributed by atoms with Gasteiger partial charge >= 0.3 is 0 Å². The molecule has 5 heteroatoms. The molecule has 0 fully saturated rings. The molecule has 0 radical (unpaired) electrons. The van der Waals surface area contributed by atoms with E-state index in [1.54, 1.807) is 0 Å². The van der Waals surface area contributed by atoms with Gasteiger partial charge in [0.05, 0.1) is 0 Å². The molecule has 0 heterocycles. The summed E-state index contributed by atoms with van der Waals surface area (Å²) in [7, 11) is 2.93. The molecule has 0 saturated carbocycles. The first kappa shape index (κ1) is 24.1. The molecule has 0 aliphatic carbocycles. The number of nitrogens with zero attached hydrogens (tertiary/aromatic N) is 3. The van der Waals surface area contributed by atoms with Gasteiger partial charge in [-0.3, -0.25) is 0 Å². The fraction of sp³-hybridized carbons (Fsp3) is 1.00. The van der Waals surface area contributed by atoms with Crippen LogP contribution in [0.25, 0.3) is 0 Å². The van der Waals surface area contributed by atoms with Crippen molar-refractivity contribution in [3.63, 3.8) is 0 Å². The van der Waals surface area contributed by atoms with E-state index in [2.05, 4.69) is 62.7 Å². The monoisotopic (exact) mass is 359 g/mol. The average molecular weight is 360 g/mol. The molecular formula is C19H45N3OSi. The van der Waals surface area contributed by atoms with E-state index >= 15 is 0 Å². The van der Waals surface area contributed by atoms with Crippen molar-refractivity contribution in [3.05, 3.63) is 0 Å². The smallest absolute Gasteiger partial charge is 0.200 e. The summed E-state index contributed by atoms with van der Waals surface area (Å²) in [5.74, 6) is 0. The third kappa shape index (κ3) is 13.4. The van der Waals surface area contributed by atoms with Crippen LogP contribution >= 0.6 is 0 Å². The Hall–Kier alpha value is 0.0569. The standard InChI is InChI=1S/C19H45N3OSi/c1-8-13-20(4)15-11-17-22(19-24(6,7)23-10-3)18-12-16-21(5)14-9-2/h8-19H2,1-7H3. The molecule has 0 saturated heterocycles. The van der Waals surface area contributed by atoms with E-state index in [0.29, 0.717) is 0 Å². The molecule has 0 aromatic heterocycles. The Bertz CT molecular complexity index is 272. The first-order chi connectivity index (χ1) is 11.3. The summed E-state index contributed by atoms with van der Waals surface area (Å²) in [6.07, 6.45) is 6.17. The van der Waals surface area contributed by atoms with Gasteiger partial charge < -0.3 is 19.1 Å². The zero-order valence-corrected chi connectivity index (χ0v) is 18.7. The Morgan fingerprint density at radius 1 is 0.708 bits per heavy atom. The van der Waals surface area contributed by atoms with E-state index < -0.39 is 8.32 Å². The summed E-state index contributed by atoms with van der Waals surface area (Å²) in [6.45, 7) is 19.4. The second kappa shape index (κ2) is 14.2. The summed E-state index contributed by atoms with van der Waals surface area (Å²) >= 11 is 0. The highest BCUT2D eigenvalue weighted by atomic mass is 28.4. The van der Waals surface area contributed by atoms with Crippen molar-refractivity contribution in [2.75, 3.05) is 66.1 Å². The van der Waals surface area contributed by atoms with Crippen molar-refractivity contribution in [1.82, 2.24) is 14.7 Å². The molecule has 0 unspecified atom stereocenters. The maximum Gasteiger partial charge on any atom is 0.200 e. The largest absolute Gasteiger partial charge is 0.416 e. The lowest BCUT2D eigenvalue weighted by Gasteiger charge is -2.31. The Morgan fingerprint density at radius 2 is 1.17 bits per heavy atom. The van der Waals surface area contributed by atoms with Gasteiger partial charge in [0, 0.05) is 12.8 Å². The summed E-state index contributed by atoms with van der Waals surface area (Å²) in [5, 5.41) is 0. The van der Waals surface area contributed by atoms with Gasteiger partial charge in [-0.25, -0.2) is 0 Å². The Kier molecular flexibility index (Phi) is 14.3. The number of rotatable bonds is 16. The predicted molar refractivity (Wildman–Crippen MR) is 110 cm³/mol. The van der Waals surface area contributed by atoms with Gasteiger partial charge in [-0.2, -0.15) is 0 Å². The molecule has 0 spiro atoms. The average Bonchev–Trinajstić information content (AvgIpc) is 2.47. The molecule has 0 bridgehead atoms. The molecule has 0 N–H and O–H groups in total. The normalized spacial score (nSPS) is 12.8. The van der Waals surface area contributed by atoms with E-state index in [9.17, 15) is 0 Å². The Balaban J connectivity index is 4.32. The van der Waals surface area contributed by atoms with Crippen LogP contribution in [-0.2, 0) is 4.43 Å². The lowest BCUT2D eigenvalue weighted by molar-refractivity contribution is 0.232. The summed E-state index contributed by atoms with van der Waals surface area (Å²) < 4.78 is 6.07. The van der Waals surface area contributed by atoms with Crippen LogP contribution in [0.5, 0.6) is 0 Å². The molecule has 0 amide bonds. The third-order valence-corrected chi connectivity index (χ3v) is 6.66. The van der Waals surface area contributed by atoms with Crippen LogP contribution in [0.4, 0.5) is 0 Å². The minimum absolute atomic E-state index is 0.853. The van der Waals surface area contributed by atoms with Crippen molar-refractivity contribution in [2.45, 2.75) is 59.5 Å². The molecule has 4 nitrogen and oxygen atoms in total. The molecule has 146 valence electrons. The molecule has 24 heavy (non-hydrogen) atoms. The van der Waals surface area contributed by atoms with Crippen LogP contribution in [0.15, 0.2) is 0 Å². The van der Waals surface area contributed by atoms with Crippen LogP contribution in [0.1, 0.15) is 46.5 Å². The van der Waals surface area contributed by atoms with E-state index in [1.165, 1.54) is 65.0 Å². The second-order valence-corrected chi connectivity index (χ2v) is 11.9. The molecular weight excluding hydrogens is 314 g/mol. The SMILES string of the molecule is CCCN(C)CCCN(CCCN(C)CCC)C[Si](C)(C)OCC. The predicted octanol–water partition coefficient (Wildman–Crippen LogP) is 3.53. The minimum Gasteiger partial charge on any atom is -0.416 e. The first-order valence-corrected chi connectivity index (χ1v) is 13.2. The van der Waals surface area contributed by atoms with Gasteiger partial charge in [0.15, 0.2) is 8.32 Å². The van der Waals surface area contributed by atoms with Gasteiger partial charge in [0.25, 0.3) is 0 Å². The molecule has 0 aliphatic heterocycles. The third-order valence-electron chi connectivity index (χ3n) is 4.38. The number of hydrogen-bond donors (Lipinski definition) is 0. The molecule has 0 rings (SSSR count). The van der Waals surface area contributed by atoms with Crippen LogP contribution in [0, 0.1) is 0 Å². The van der Waals surface area contributed by atoms with Crippen molar-refractivity contribution in [1.29, 1.82) is 0 Å². The van der Waals surface area contributed by atoms with Gasteiger partial charge in [-0.1, -0.05) is 13.8 Å². The van der Waals surface area contributed by atoms with Crippen molar-refractivity contribution in [2.24, 2.45) is 0 Å². The Labute approximate surface area is 153 Å². The van der Waals surface area contributed by atoms with E-state index in [-0.39, 0.29) is 0 Å². The fourth-order valence-electron chi connectivity index (χ4n) is 3.36. The van der Waals surface area contributed by atoms with Crippen LogP contribution < -0.4 is 0 Å². The quantitative estimate of drug-likeness (QED) is 0.392. The van der Waals surface area contributed by atoms with Gasteiger partial charge in [0.2, 0.25) is 0 Å². The summed E-state index contributed by atoms with van der Waals surface area (Å²) in [4.78, 5) is 7.58. The molecule has 0 aliphatic rings. The molecule has 0 aromatic carbocycles. The van der Waals surface area contributed by atoms with Crippen LogP contribution in [-0.4, -0.2) is 89.2 Å². The highest BCUT2D eigenvalue weighted by Crippen LogP contribution is 2.09. The van der Waals surface area contributed by atoms with Crippen molar-refractivity contribution >= 4 is 8.32 Å². The highest BCUT2D eigenvalue weighted by molar-refractivity contribution is 6.71. The zero-order chi connectivity index (χ0) is 18.4. The maximum absolute atomic E-state index is 6.07. The van der Waals surface area contributed by atoms with Gasteiger partial charge in [0.1, 0.15) is 0 Å². The lowest BCUT2D eigenvalue weighted by Crippen LogP contribution is -2.46. The van der Waals surface area contributed by atoms with Crippen molar-refractivity contribution in [3.8, 4) is 0 Å². The zero-order valence-electron chi connectivity index (χ0n) is 17.7. The fourth-order valence-corrected chi connectivity index (χ4v) is 5.63. The number of hydrogen-bond acceptors (Lipinski definition) is 4. The minimum atomic E-state index is -1.55. The van der Waals surface area contributed by atoms with Gasteiger partial charge in [-0.15, -0.1) is 0 Å². The maximum atomic E-state index is 6.07. The van der Waals surface area contributed by atoms with E-state index in [1.807, 2.05) is 0 Å². The summed E-state index contributed by atoms with van der Waals surface area (Å²) in [6, 6.07) is 0. The topological polar surface area (TPSA) is 19.0 Å². The molecule has 0 atom stereocenters. The van der Waals surface area contributed by atoms with Crippen LogP contribution in [0.3, 0.4) is 0 Å². The Morgan fingerprint density at radius 3 is 1.54 bits per heavy atom. The van der Waals surface area contributed by atoms with Crippen molar-refractivity contribution < 1.29 is 4.43 Å². The summed E-state index contributed by atoms with van der Waals surface area (Å²) in [5.41, 5.74) is 0. The lowest BCUT2D eigenvalue weighted by atomic mass is 10.3. The van der Waals surface area contributed by atoms with Crippen LogP contribution in [0.2, 0.25) is 13.1 Å². The van der Waals surface area contributed by atoms with E-state index in [0.717, 1.165) is 12.8 Å². The van der Waals surface area contributed by atoms with E-state index in [4.69, 9.17) is 4.43 Å². The molecule has 0 aromatic rings.